The first-order chi connectivity index (χ1) is 8.02. The Bertz CT molecular complexity index is 401. The molecule has 0 saturated carbocycles. The number of rotatable bonds is 4. The first-order valence-electron chi connectivity index (χ1n) is 5.18. The molecule has 0 aliphatic rings. The maximum absolute atomic E-state index is 11.5. The summed E-state index contributed by atoms with van der Waals surface area (Å²) in [5.41, 5.74) is 1.66. The average molecular weight is 299 g/mol. The van der Waals surface area contributed by atoms with Crippen LogP contribution in [0.2, 0.25) is 0 Å². The minimum atomic E-state index is -0.0953. The Hall–Kier alpha value is -1.36. The van der Waals surface area contributed by atoms with E-state index in [1.54, 1.807) is 31.1 Å². The first-order valence-corrected chi connectivity index (χ1v) is 6.30. The number of amides is 2. The Morgan fingerprint density at radius 1 is 1.24 bits per heavy atom. The number of carbonyl (C=O) groups excluding carboxylic acids is 2. The molecule has 17 heavy (non-hydrogen) atoms. The van der Waals surface area contributed by atoms with Gasteiger partial charge in [0.25, 0.3) is 0 Å². The van der Waals surface area contributed by atoms with E-state index in [1.807, 2.05) is 12.1 Å². The Kier molecular flexibility index (Phi) is 5.15. The highest BCUT2D eigenvalue weighted by Gasteiger charge is 2.05. The minimum absolute atomic E-state index is 0.0576. The summed E-state index contributed by atoms with van der Waals surface area (Å²) < 4.78 is 0. The van der Waals surface area contributed by atoms with E-state index in [-0.39, 0.29) is 17.1 Å². The highest BCUT2D eigenvalue weighted by atomic mass is 79.9. The summed E-state index contributed by atoms with van der Waals surface area (Å²) in [6.45, 7) is 0. The van der Waals surface area contributed by atoms with Crippen LogP contribution in [0, 0.1) is 0 Å². The van der Waals surface area contributed by atoms with Crippen LogP contribution in [-0.4, -0.2) is 36.1 Å². The molecular weight excluding hydrogens is 284 g/mol. The van der Waals surface area contributed by atoms with E-state index in [2.05, 4.69) is 21.2 Å². The van der Waals surface area contributed by atoms with Gasteiger partial charge in [0, 0.05) is 19.8 Å². The molecule has 0 fully saturated rings. The van der Waals surface area contributed by atoms with Gasteiger partial charge in [-0.05, 0) is 17.7 Å². The van der Waals surface area contributed by atoms with Crippen molar-refractivity contribution < 1.29 is 9.59 Å². The second-order valence-corrected chi connectivity index (χ2v) is 4.40. The van der Waals surface area contributed by atoms with Crippen LogP contribution in [0.4, 0.5) is 5.69 Å². The molecule has 0 heterocycles. The molecule has 92 valence electrons. The summed E-state index contributed by atoms with van der Waals surface area (Å²) in [6.07, 6.45) is 0.375. The van der Waals surface area contributed by atoms with E-state index in [0.717, 1.165) is 11.3 Å². The molecule has 1 N–H and O–H groups in total. The zero-order chi connectivity index (χ0) is 12.8. The van der Waals surface area contributed by atoms with E-state index < -0.39 is 0 Å². The normalized spacial score (nSPS) is 9.82. The first kappa shape index (κ1) is 13.7. The average Bonchev–Trinajstić information content (AvgIpc) is 2.31. The lowest BCUT2D eigenvalue weighted by Gasteiger charge is -2.10. The van der Waals surface area contributed by atoms with Gasteiger partial charge in [-0.3, -0.25) is 9.59 Å². The van der Waals surface area contributed by atoms with Crippen LogP contribution < -0.4 is 5.32 Å². The fourth-order valence-electron chi connectivity index (χ4n) is 1.23. The number of nitrogens with one attached hydrogen (secondary N) is 1. The molecule has 5 heteroatoms. The van der Waals surface area contributed by atoms with Crippen LogP contribution in [0.15, 0.2) is 24.3 Å². The Morgan fingerprint density at radius 2 is 1.82 bits per heavy atom. The lowest BCUT2D eigenvalue weighted by Crippen LogP contribution is -2.23. The fraction of sp³-hybridized carbons (Fsp3) is 0.333. The van der Waals surface area contributed by atoms with Crippen molar-refractivity contribution in [1.82, 2.24) is 4.90 Å². The summed E-state index contributed by atoms with van der Waals surface area (Å²) >= 11 is 3.07. The maximum Gasteiger partial charge on any atom is 0.235 e. The van der Waals surface area contributed by atoms with Crippen LogP contribution in [0.25, 0.3) is 0 Å². The standard InChI is InChI=1S/C12H15BrN2O2/c1-15(2)12(17)7-9-3-5-10(6-4-9)14-11(16)8-13/h3-6H,7-8H2,1-2H3,(H,14,16). The van der Waals surface area contributed by atoms with Gasteiger partial charge in [0.2, 0.25) is 11.8 Å². The smallest absolute Gasteiger partial charge is 0.235 e. The molecule has 0 unspecified atom stereocenters. The van der Waals surface area contributed by atoms with E-state index in [0.29, 0.717) is 6.42 Å². The Balaban J connectivity index is 2.62. The second kappa shape index (κ2) is 6.39. The quantitative estimate of drug-likeness (QED) is 0.860. The van der Waals surface area contributed by atoms with Crippen molar-refractivity contribution in [1.29, 1.82) is 0 Å². The molecule has 0 atom stereocenters. The third kappa shape index (κ3) is 4.56. The van der Waals surface area contributed by atoms with Gasteiger partial charge in [-0.25, -0.2) is 0 Å². The molecule has 0 radical (unpaired) electrons. The molecule has 1 aromatic rings. The van der Waals surface area contributed by atoms with Gasteiger partial charge in [0.1, 0.15) is 0 Å². The molecule has 0 aliphatic carbocycles. The van der Waals surface area contributed by atoms with Crippen molar-refractivity contribution >= 4 is 33.4 Å². The topological polar surface area (TPSA) is 49.4 Å². The lowest BCUT2D eigenvalue weighted by molar-refractivity contribution is -0.128. The molecule has 0 saturated heterocycles. The number of carbonyl (C=O) groups is 2. The number of anilines is 1. The number of halogens is 1. The number of nitrogens with zero attached hydrogens (tertiary/aromatic N) is 1. The monoisotopic (exact) mass is 298 g/mol. The maximum atomic E-state index is 11.5. The van der Waals surface area contributed by atoms with Crippen molar-refractivity contribution in [2.45, 2.75) is 6.42 Å². The molecule has 2 amide bonds. The third-order valence-corrected chi connectivity index (χ3v) is 2.72. The van der Waals surface area contributed by atoms with E-state index >= 15 is 0 Å². The minimum Gasteiger partial charge on any atom is -0.349 e. The van der Waals surface area contributed by atoms with Crippen molar-refractivity contribution in [3.8, 4) is 0 Å². The summed E-state index contributed by atoms with van der Waals surface area (Å²) in [7, 11) is 3.46. The fourth-order valence-corrected chi connectivity index (χ4v) is 1.37. The zero-order valence-electron chi connectivity index (χ0n) is 9.87. The lowest BCUT2D eigenvalue weighted by atomic mass is 10.1. The van der Waals surface area contributed by atoms with Gasteiger partial charge in [-0.15, -0.1) is 0 Å². The Morgan fingerprint density at radius 3 is 2.29 bits per heavy atom. The second-order valence-electron chi connectivity index (χ2n) is 3.84. The van der Waals surface area contributed by atoms with Gasteiger partial charge in [-0.1, -0.05) is 28.1 Å². The highest BCUT2D eigenvalue weighted by Crippen LogP contribution is 2.10. The number of hydrogen-bond donors (Lipinski definition) is 1. The highest BCUT2D eigenvalue weighted by molar-refractivity contribution is 9.09. The predicted molar refractivity (Wildman–Crippen MR) is 71.3 cm³/mol. The van der Waals surface area contributed by atoms with E-state index in [1.165, 1.54) is 0 Å². The number of hydrogen-bond acceptors (Lipinski definition) is 2. The largest absolute Gasteiger partial charge is 0.349 e. The zero-order valence-corrected chi connectivity index (χ0v) is 11.5. The van der Waals surface area contributed by atoms with E-state index in [9.17, 15) is 9.59 Å². The molecule has 0 bridgehead atoms. The van der Waals surface area contributed by atoms with Crippen LogP contribution in [0.5, 0.6) is 0 Å². The van der Waals surface area contributed by atoms with Crippen LogP contribution in [-0.2, 0) is 16.0 Å². The molecule has 4 nitrogen and oxygen atoms in total. The van der Waals surface area contributed by atoms with Crippen LogP contribution in [0.1, 0.15) is 5.56 Å². The number of benzene rings is 1. The summed E-state index contributed by atoms with van der Waals surface area (Å²) in [5.74, 6) is -0.0376. The van der Waals surface area contributed by atoms with Gasteiger partial charge in [-0.2, -0.15) is 0 Å². The summed E-state index contributed by atoms with van der Waals surface area (Å²) in [5, 5.41) is 2.99. The van der Waals surface area contributed by atoms with Crippen molar-refractivity contribution in [2.24, 2.45) is 0 Å². The number of alkyl halides is 1. The summed E-state index contributed by atoms with van der Waals surface area (Å²) in [6, 6.07) is 7.26. The third-order valence-electron chi connectivity index (χ3n) is 2.21. The SMILES string of the molecule is CN(C)C(=O)Cc1ccc(NC(=O)CBr)cc1. The van der Waals surface area contributed by atoms with Gasteiger partial charge in [0.05, 0.1) is 11.8 Å². The molecule has 0 aliphatic heterocycles. The summed E-state index contributed by atoms with van der Waals surface area (Å²) in [4.78, 5) is 24.1. The van der Waals surface area contributed by atoms with Crippen molar-refractivity contribution in [2.75, 3.05) is 24.7 Å². The molecule has 1 aromatic carbocycles. The van der Waals surface area contributed by atoms with Crippen LogP contribution >= 0.6 is 15.9 Å². The number of likely N-dealkylation sites (N-methyl/N-ethyl adjacent to an activating group) is 1. The molecule has 0 spiro atoms. The van der Waals surface area contributed by atoms with Crippen molar-refractivity contribution in [3.05, 3.63) is 29.8 Å². The molecular formula is C12H15BrN2O2. The Labute approximate surface area is 109 Å². The van der Waals surface area contributed by atoms with Crippen LogP contribution in [0.3, 0.4) is 0 Å². The van der Waals surface area contributed by atoms with Gasteiger partial charge < -0.3 is 10.2 Å². The van der Waals surface area contributed by atoms with Gasteiger partial charge in [0.15, 0.2) is 0 Å². The molecule has 0 aromatic heterocycles. The molecule has 1 rings (SSSR count). The van der Waals surface area contributed by atoms with Gasteiger partial charge >= 0.3 is 0 Å². The predicted octanol–water partition coefficient (Wildman–Crippen LogP) is 1.65. The van der Waals surface area contributed by atoms with E-state index in [4.69, 9.17) is 0 Å². The van der Waals surface area contributed by atoms with Crippen molar-refractivity contribution in [3.63, 3.8) is 0 Å².